The molecule has 1 fully saturated rings. The van der Waals surface area contributed by atoms with E-state index in [0.29, 0.717) is 17.4 Å². The summed E-state index contributed by atoms with van der Waals surface area (Å²) < 4.78 is 5.21. The Hall–Kier alpha value is -1.29. The predicted octanol–water partition coefficient (Wildman–Crippen LogP) is 1.80. The Labute approximate surface area is 102 Å². The second kappa shape index (κ2) is 5.36. The van der Waals surface area contributed by atoms with Crippen molar-refractivity contribution in [1.29, 1.82) is 0 Å². The van der Waals surface area contributed by atoms with Gasteiger partial charge in [-0.3, -0.25) is 4.79 Å². The molecule has 1 atom stereocenters. The van der Waals surface area contributed by atoms with Gasteiger partial charge in [0.2, 0.25) is 0 Å². The van der Waals surface area contributed by atoms with Crippen molar-refractivity contribution in [2.75, 3.05) is 19.6 Å². The summed E-state index contributed by atoms with van der Waals surface area (Å²) in [6, 6.07) is 2.10. The number of nitrogens with one attached hydrogen (secondary N) is 1. The van der Waals surface area contributed by atoms with Gasteiger partial charge in [0, 0.05) is 19.1 Å². The van der Waals surface area contributed by atoms with Crippen molar-refractivity contribution in [2.45, 2.75) is 32.7 Å². The van der Waals surface area contributed by atoms with Crippen LogP contribution in [-0.2, 0) is 0 Å². The summed E-state index contributed by atoms with van der Waals surface area (Å²) in [5, 5.41) is 3.31. The minimum atomic E-state index is 0.104. The fraction of sp³-hybridized carbons (Fsp3) is 0.615. The smallest absolute Gasteiger partial charge is 0.257 e. The number of furan rings is 1. The highest BCUT2D eigenvalue weighted by Gasteiger charge is 2.27. The van der Waals surface area contributed by atoms with Crippen molar-refractivity contribution in [3.8, 4) is 0 Å². The maximum absolute atomic E-state index is 12.4. The molecule has 1 aromatic rings. The van der Waals surface area contributed by atoms with Gasteiger partial charge in [0.05, 0.1) is 11.8 Å². The van der Waals surface area contributed by atoms with E-state index in [2.05, 4.69) is 12.2 Å². The van der Waals surface area contributed by atoms with E-state index in [1.165, 1.54) is 0 Å². The van der Waals surface area contributed by atoms with Gasteiger partial charge in [0.1, 0.15) is 5.76 Å². The zero-order chi connectivity index (χ0) is 12.3. The molecule has 94 valence electrons. The van der Waals surface area contributed by atoms with Crippen LogP contribution in [0.1, 0.15) is 35.9 Å². The summed E-state index contributed by atoms with van der Waals surface area (Å²) in [4.78, 5) is 14.4. The lowest BCUT2D eigenvalue weighted by molar-refractivity contribution is 0.0690. The molecule has 0 aliphatic carbocycles. The zero-order valence-corrected chi connectivity index (χ0v) is 10.5. The lowest BCUT2D eigenvalue weighted by Gasteiger charge is -2.28. The number of carbonyl (C=O) groups is 1. The van der Waals surface area contributed by atoms with Crippen LogP contribution in [0.3, 0.4) is 0 Å². The number of carbonyl (C=O) groups excluding carboxylic acids is 1. The zero-order valence-electron chi connectivity index (χ0n) is 10.5. The van der Waals surface area contributed by atoms with Crippen LogP contribution in [0.15, 0.2) is 16.7 Å². The third-order valence-corrected chi connectivity index (χ3v) is 3.29. The molecule has 1 unspecified atom stereocenters. The Bertz CT molecular complexity index is 381. The minimum absolute atomic E-state index is 0.104. The molecule has 1 aliphatic rings. The van der Waals surface area contributed by atoms with Gasteiger partial charge in [-0.1, -0.05) is 6.92 Å². The van der Waals surface area contributed by atoms with E-state index in [-0.39, 0.29) is 5.91 Å². The summed E-state index contributed by atoms with van der Waals surface area (Å²) >= 11 is 0. The first-order valence-electron chi connectivity index (χ1n) is 6.29. The Morgan fingerprint density at radius 2 is 2.47 bits per heavy atom. The van der Waals surface area contributed by atoms with Gasteiger partial charge in [-0.2, -0.15) is 0 Å². The maximum Gasteiger partial charge on any atom is 0.257 e. The van der Waals surface area contributed by atoms with Crippen LogP contribution in [0.25, 0.3) is 0 Å². The second-order valence-electron chi connectivity index (χ2n) is 4.54. The van der Waals surface area contributed by atoms with Crippen LogP contribution in [0.5, 0.6) is 0 Å². The summed E-state index contributed by atoms with van der Waals surface area (Å²) in [6.45, 7) is 6.66. The molecule has 0 bridgehead atoms. The van der Waals surface area contributed by atoms with Crippen LogP contribution in [0, 0.1) is 6.92 Å². The molecule has 1 saturated heterocycles. The first kappa shape index (κ1) is 12.2. The summed E-state index contributed by atoms with van der Waals surface area (Å²) in [6.07, 6.45) is 3.61. The van der Waals surface area contributed by atoms with Crippen molar-refractivity contribution in [1.82, 2.24) is 10.2 Å². The molecule has 0 aromatic carbocycles. The van der Waals surface area contributed by atoms with Crippen LogP contribution in [0.2, 0.25) is 0 Å². The van der Waals surface area contributed by atoms with Crippen molar-refractivity contribution < 1.29 is 9.21 Å². The summed E-state index contributed by atoms with van der Waals surface area (Å²) in [5.74, 6) is 0.814. The summed E-state index contributed by atoms with van der Waals surface area (Å²) in [5.41, 5.74) is 0.699. The number of aryl methyl sites for hydroxylation is 1. The van der Waals surface area contributed by atoms with E-state index in [1.807, 2.05) is 11.8 Å². The molecule has 2 rings (SSSR count). The number of hydrogen-bond acceptors (Lipinski definition) is 3. The van der Waals surface area contributed by atoms with E-state index >= 15 is 0 Å². The first-order chi connectivity index (χ1) is 8.24. The standard InChI is InChI=1S/C13H20N2O2/c1-3-7-15(11-4-6-14-9-11)13(16)12-5-8-17-10(12)2/h5,8,11,14H,3-4,6-7,9H2,1-2H3. The molecule has 0 radical (unpaired) electrons. The number of hydrogen-bond donors (Lipinski definition) is 1. The maximum atomic E-state index is 12.4. The second-order valence-corrected chi connectivity index (χ2v) is 4.54. The van der Waals surface area contributed by atoms with E-state index in [4.69, 9.17) is 4.42 Å². The minimum Gasteiger partial charge on any atom is -0.469 e. The lowest BCUT2D eigenvalue weighted by Crippen LogP contribution is -2.42. The molecule has 1 N–H and O–H groups in total. The molecule has 0 spiro atoms. The molecule has 4 nitrogen and oxygen atoms in total. The molecule has 2 heterocycles. The molecular weight excluding hydrogens is 216 g/mol. The van der Waals surface area contributed by atoms with E-state index in [1.54, 1.807) is 12.3 Å². The highest BCUT2D eigenvalue weighted by molar-refractivity contribution is 5.95. The van der Waals surface area contributed by atoms with Crippen LogP contribution < -0.4 is 5.32 Å². The first-order valence-corrected chi connectivity index (χ1v) is 6.29. The Balaban J connectivity index is 2.15. The molecule has 0 saturated carbocycles. The van der Waals surface area contributed by atoms with Gasteiger partial charge in [0.15, 0.2) is 0 Å². The largest absolute Gasteiger partial charge is 0.469 e. The van der Waals surface area contributed by atoms with Gasteiger partial charge in [0.25, 0.3) is 5.91 Å². The van der Waals surface area contributed by atoms with Crippen molar-refractivity contribution in [2.24, 2.45) is 0 Å². The number of rotatable bonds is 4. The van der Waals surface area contributed by atoms with Gasteiger partial charge >= 0.3 is 0 Å². The van der Waals surface area contributed by atoms with Crippen LogP contribution in [0.4, 0.5) is 0 Å². The lowest BCUT2D eigenvalue weighted by atomic mass is 10.1. The highest BCUT2D eigenvalue weighted by Crippen LogP contribution is 2.17. The van der Waals surface area contributed by atoms with Gasteiger partial charge in [-0.25, -0.2) is 0 Å². The molecule has 1 aliphatic heterocycles. The Morgan fingerprint density at radius 3 is 3.00 bits per heavy atom. The highest BCUT2D eigenvalue weighted by atomic mass is 16.3. The average molecular weight is 236 g/mol. The third-order valence-electron chi connectivity index (χ3n) is 3.29. The van der Waals surface area contributed by atoms with Crippen molar-refractivity contribution in [3.05, 3.63) is 23.7 Å². The monoisotopic (exact) mass is 236 g/mol. The van der Waals surface area contributed by atoms with Crippen LogP contribution >= 0.6 is 0 Å². The van der Waals surface area contributed by atoms with E-state index in [0.717, 1.165) is 32.5 Å². The molecule has 4 heteroatoms. The van der Waals surface area contributed by atoms with Gasteiger partial charge in [-0.15, -0.1) is 0 Å². The van der Waals surface area contributed by atoms with Gasteiger partial charge < -0.3 is 14.6 Å². The number of nitrogens with zero attached hydrogens (tertiary/aromatic N) is 1. The van der Waals surface area contributed by atoms with E-state index < -0.39 is 0 Å². The third kappa shape index (κ3) is 2.52. The van der Waals surface area contributed by atoms with Gasteiger partial charge in [-0.05, 0) is 32.4 Å². The van der Waals surface area contributed by atoms with E-state index in [9.17, 15) is 4.79 Å². The Morgan fingerprint density at radius 1 is 1.65 bits per heavy atom. The number of amides is 1. The summed E-state index contributed by atoms with van der Waals surface area (Å²) in [7, 11) is 0. The fourth-order valence-corrected chi connectivity index (χ4v) is 2.36. The Kier molecular flexibility index (Phi) is 3.84. The molecular formula is C13H20N2O2. The molecule has 1 amide bonds. The topological polar surface area (TPSA) is 45.5 Å². The average Bonchev–Trinajstić information content (AvgIpc) is 2.95. The molecule has 1 aromatic heterocycles. The van der Waals surface area contributed by atoms with Crippen LogP contribution in [-0.4, -0.2) is 36.5 Å². The SMILES string of the molecule is CCCN(C(=O)c1ccoc1C)C1CCNC1. The quantitative estimate of drug-likeness (QED) is 0.867. The normalized spacial score (nSPS) is 19.5. The van der Waals surface area contributed by atoms with Crippen molar-refractivity contribution >= 4 is 5.91 Å². The van der Waals surface area contributed by atoms with Crippen molar-refractivity contribution in [3.63, 3.8) is 0 Å². The predicted molar refractivity (Wildman–Crippen MR) is 66.0 cm³/mol. The molecule has 17 heavy (non-hydrogen) atoms. The fourth-order valence-electron chi connectivity index (χ4n) is 2.36.